The van der Waals surface area contributed by atoms with Crippen LogP contribution in [-0.4, -0.2) is 9.97 Å². The molecule has 1 aromatic carbocycles. The van der Waals surface area contributed by atoms with Gasteiger partial charge in [0, 0.05) is 18.0 Å². The van der Waals surface area contributed by atoms with Crippen LogP contribution in [0.5, 0.6) is 11.6 Å². The minimum absolute atomic E-state index is 0.546. The number of aromatic nitrogens is 2. The zero-order valence-electron chi connectivity index (χ0n) is 8.64. The second-order valence-electron chi connectivity index (χ2n) is 3.30. The summed E-state index contributed by atoms with van der Waals surface area (Å²) in [6.45, 7) is 1.96. The van der Waals surface area contributed by atoms with Gasteiger partial charge in [0.05, 0.1) is 3.57 Å². The summed E-state index contributed by atoms with van der Waals surface area (Å²) in [5, 5.41) is 0. The Morgan fingerprint density at radius 3 is 2.94 bits per heavy atom. The topological polar surface area (TPSA) is 61.0 Å². The normalized spacial score (nSPS) is 10.1. The first-order valence-electron chi connectivity index (χ1n) is 4.66. The zero-order valence-corrected chi connectivity index (χ0v) is 10.8. The van der Waals surface area contributed by atoms with E-state index >= 15 is 0 Å². The molecule has 5 heteroatoms. The number of benzene rings is 1. The second kappa shape index (κ2) is 4.65. The third kappa shape index (κ3) is 2.41. The lowest BCUT2D eigenvalue weighted by Crippen LogP contribution is -1.95. The molecule has 0 aliphatic carbocycles. The maximum atomic E-state index is 5.70. The Morgan fingerprint density at radius 1 is 1.38 bits per heavy atom. The van der Waals surface area contributed by atoms with Gasteiger partial charge in [-0.3, -0.25) is 0 Å². The Morgan fingerprint density at radius 2 is 2.19 bits per heavy atom. The maximum Gasteiger partial charge on any atom is 0.235 e. The zero-order chi connectivity index (χ0) is 11.5. The van der Waals surface area contributed by atoms with Crippen molar-refractivity contribution in [3.63, 3.8) is 0 Å². The molecule has 0 bridgehead atoms. The fourth-order valence-electron chi connectivity index (χ4n) is 1.21. The van der Waals surface area contributed by atoms with Crippen LogP contribution >= 0.6 is 22.6 Å². The predicted octanol–water partition coefficient (Wildman–Crippen LogP) is 2.76. The summed E-state index contributed by atoms with van der Waals surface area (Å²) in [5.41, 5.74) is 7.39. The molecule has 1 heterocycles. The first-order chi connectivity index (χ1) is 7.66. The monoisotopic (exact) mass is 327 g/mol. The number of rotatable bonds is 2. The van der Waals surface area contributed by atoms with Gasteiger partial charge in [-0.2, -0.15) is 0 Å². The smallest absolute Gasteiger partial charge is 0.235 e. The number of hydrogen-bond donors (Lipinski definition) is 1. The summed E-state index contributed by atoms with van der Waals surface area (Å²) in [4.78, 5) is 7.97. The minimum atomic E-state index is 0.546. The van der Waals surface area contributed by atoms with E-state index in [4.69, 9.17) is 10.5 Å². The van der Waals surface area contributed by atoms with E-state index in [0.29, 0.717) is 11.6 Å². The predicted molar refractivity (Wildman–Crippen MR) is 70.4 cm³/mol. The van der Waals surface area contributed by atoms with Gasteiger partial charge in [-0.1, -0.05) is 6.07 Å². The number of nitrogens with zero attached hydrogens (tertiary/aromatic N) is 2. The van der Waals surface area contributed by atoms with E-state index < -0.39 is 0 Å². The Balaban J connectivity index is 2.34. The third-order valence-electron chi connectivity index (χ3n) is 2.05. The van der Waals surface area contributed by atoms with Crippen molar-refractivity contribution in [2.45, 2.75) is 6.92 Å². The average Bonchev–Trinajstić information content (AvgIpc) is 2.27. The highest BCUT2D eigenvalue weighted by molar-refractivity contribution is 14.1. The highest BCUT2D eigenvalue weighted by Crippen LogP contribution is 2.27. The van der Waals surface area contributed by atoms with E-state index in [-0.39, 0.29) is 0 Å². The summed E-state index contributed by atoms with van der Waals surface area (Å²) in [6, 6.07) is 5.54. The molecule has 0 saturated heterocycles. The number of nitrogens with two attached hydrogens (primary N) is 1. The van der Waals surface area contributed by atoms with E-state index in [1.54, 1.807) is 12.3 Å². The Hall–Kier alpha value is -1.37. The van der Waals surface area contributed by atoms with Crippen molar-refractivity contribution in [3.8, 4) is 11.6 Å². The summed E-state index contributed by atoms with van der Waals surface area (Å²) < 4.78 is 6.55. The molecular weight excluding hydrogens is 317 g/mol. The van der Waals surface area contributed by atoms with Crippen LogP contribution in [0.3, 0.4) is 0 Å². The average molecular weight is 327 g/mol. The molecule has 0 saturated carbocycles. The largest absolute Gasteiger partial charge is 0.437 e. The van der Waals surface area contributed by atoms with Gasteiger partial charge in [0.2, 0.25) is 5.88 Å². The van der Waals surface area contributed by atoms with Gasteiger partial charge in [0.1, 0.15) is 12.1 Å². The third-order valence-corrected chi connectivity index (χ3v) is 2.79. The van der Waals surface area contributed by atoms with E-state index in [0.717, 1.165) is 14.9 Å². The van der Waals surface area contributed by atoms with Gasteiger partial charge in [-0.05, 0) is 41.1 Å². The van der Waals surface area contributed by atoms with Crippen LogP contribution in [0.15, 0.2) is 30.7 Å². The molecule has 2 aromatic rings. The van der Waals surface area contributed by atoms with E-state index in [1.807, 2.05) is 19.1 Å². The molecule has 0 radical (unpaired) electrons. The molecule has 0 amide bonds. The highest BCUT2D eigenvalue weighted by Gasteiger charge is 2.06. The van der Waals surface area contributed by atoms with E-state index in [2.05, 4.69) is 32.6 Å². The summed E-state index contributed by atoms with van der Waals surface area (Å²) in [7, 11) is 0. The lowest BCUT2D eigenvalue weighted by Gasteiger charge is -2.09. The number of aryl methyl sites for hydroxylation is 1. The molecule has 0 fully saturated rings. The number of anilines is 1. The van der Waals surface area contributed by atoms with Crippen molar-refractivity contribution in [2.75, 3.05) is 5.73 Å². The molecule has 2 rings (SSSR count). The SMILES string of the molecule is Cc1ccc(N)cc1Oc1ncncc1I. The van der Waals surface area contributed by atoms with E-state index in [9.17, 15) is 0 Å². The number of nitrogen functional groups attached to an aromatic ring is 1. The molecular formula is C11H10IN3O. The summed E-state index contributed by atoms with van der Waals surface area (Å²) in [5.74, 6) is 1.26. The lowest BCUT2D eigenvalue weighted by atomic mass is 10.2. The van der Waals surface area contributed by atoms with Gasteiger partial charge in [0.15, 0.2) is 0 Å². The molecule has 0 aliphatic rings. The molecule has 0 aliphatic heterocycles. The van der Waals surface area contributed by atoms with Crippen LogP contribution in [-0.2, 0) is 0 Å². The second-order valence-corrected chi connectivity index (χ2v) is 4.47. The highest BCUT2D eigenvalue weighted by atomic mass is 127. The lowest BCUT2D eigenvalue weighted by molar-refractivity contribution is 0.454. The van der Waals surface area contributed by atoms with E-state index in [1.165, 1.54) is 6.33 Å². The van der Waals surface area contributed by atoms with Crippen molar-refractivity contribution in [2.24, 2.45) is 0 Å². The number of hydrogen-bond acceptors (Lipinski definition) is 4. The van der Waals surface area contributed by atoms with Crippen molar-refractivity contribution in [1.82, 2.24) is 9.97 Å². The fourth-order valence-corrected chi connectivity index (χ4v) is 1.62. The molecule has 0 unspecified atom stereocenters. The van der Waals surface area contributed by atoms with Crippen molar-refractivity contribution in [3.05, 3.63) is 39.9 Å². The maximum absolute atomic E-state index is 5.70. The Bertz CT molecular complexity index is 516. The van der Waals surface area contributed by atoms with Crippen molar-refractivity contribution >= 4 is 28.3 Å². The Labute approximate surface area is 107 Å². The standard InChI is InChI=1S/C11H10IN3O/c1-7-2-3-8(13)4-10(7)16-11-9(12)5-14-6-15-11/h2-6H,13H2,1H3. The van der Waals surface area contributed by atoms with Crippen LogP contribution in [0.25, 0.3) is 0 Å². The quantitative estimate of drug-likeness (QED) is 0.681. The molecule has 0 atom stereocenters. The molecule has 1 aromatic heterocycles. The van der Waals surface area contributed by atoms with Crippen molar-refractivity contribution < 1.29 is 4.74 Å². The molecule has 4 nitrogen and oxygen atoms in total. The molecule has 82 valence electrons. The van der Waals surface area contributed by atoms with Gasteiger partial charge < -0.3 is 10.5 Å². The van der Waals surface area contributed by atoms with Gasteiger partial charge >= 0.3 is 0 Å². The molecule has 16 heavy (non-hydrogen) atoms. The van der Waals surface area contributed by atoms with Crippen LogP contribution < -0.4 is 10.5 Å². The number of halogens is 1. The van der Waals surface area contributed by atoms with Crippen LogP contribution in [0.4, 0.5) is 5.69 Å². The first kappa shape index (κ1) is 11.1. The summed E-state index contributed by atoms with van der Waals surface area (Å²) >= 11 is 2.13. The first-order valence-corrected chi connectivity index (χ1v) is 5.74. The van der Waals surface area contributed by atoms with Crippen LogP contribution in [0, 0.1) is 10.5 Å². The van der Waals surface area contributed by atoms with Gasteiger partial charge in [-0.25, -0.2) is 9.97 Å². The number of ether oxygens (including phenoxy) is 1. The Kier molecular flexibility index (Phi) is 3.23. The van der Waals surface area contributed by atoms with Gasteiger partial charge in [0.25, 0.3) is 0 Å². The van der Waals surface area contributed by atoms with Gasteiger partial charge in [-0.15, -0.1) is 0 Å². The molecule has 2 N–H and O–H groups in total. The van der Waals surface area contributed by atoms with Crippen molar-refractivity contribution in [1.29, 1.82) is 0 Å². The fraction of sp³-hybridized carbons (Fsp3) is 0.0909. The van der Waals surface area contributed by atoms with Crippen LogP contribution in [0.1, 0.15) is 5.56 Å². The van der Waals surface area contributed by atoms with Crippen LogP contribution in [0.2, 0.25) is 0 Å². The minimum Gasteiger partial charge on any atom is -0.437 e. The molecule has 0 spiro atoms. The summed E-state index contributed by atoms with van der Waals surface area (Å²) in [6.07, 6.45) is 3.16.